The molecule has 0 heterocycles. The smallest absolute Gasteiger partial charge is 0.0726 e. The molecule has 11 aromatic carbocycles. The number of nitrogens with zero attached hydrogens (tertiary/aromatic N) is 2. The lowest BCUT2D eigenvalue weighted by atomic mass is 9.70. The van der Waals surface area contributed by atoms with Crippen molar-refractivity contribution < 1.29 is 0 Å². The van der Waals surface area contributed by atoms with Gasteiger partial charge in [0.25, 0.3) is 0 Å². The van der Waals surface area contributed by atoms with Gasteiger partial charge in [0.05, 0.1) is 16.8 Å². The second-order valence-corrected chi connectivity index (χ2v) is 17.6. The van der Waals surface area contributed by atoms with Crippen LogP contribution in [-0.4, -0.2) is 0 Å². The van der Waals surface area contributed by atoms with E-state index in [1.165, 1.54) is 77.5 Å². The highest BCUT2D eigenvalue weighted by Gasteiger charge is 2.52. The Morgan fingerprint density at radius 1 is 0.239 bits per heavy atom. The molecule has 2 aliphatic rings. The van der Waals surface area contributed by atoms with Gasteiger partial charge >= 0.3 is 0 Å². The van der Waals surface area contributed by atoms with Crippen LogP contribution in [0.2, 0.25) is 0 Å². The summed E-state index contributed by atoms with van der Waals surface area (Å²) in [5.41, 5.74) is 21.4. The molecule has 11 aromatic rings. The number of benzene rings is 11. The normalized spacial score (nSPS) is 12.6. The Balaban J connectivity index is 1.00. The Bertz CT molecular complexity index is 3570. The van der Waals surface area contributed by atoms with E-state index in [4.69, 9.17) is 0 Å². The van der Waals surface area contributed by atoms with Crippen molar-refractivity contribution in [2.45, 2.75) is 5.41 Å². The summed E-state index contributed by atoms with van der Waals surface area (Å²) in [6.07, 6.45) is 0. The molecule has 314 valence electrons. The van der Waals surface area contributed by atoms with Crippen molar-refractivity contribution in [2.75, 3.05) is 9.80 Å². The summed E-state index contributed by atoms with van der Waals surface area (Å²) in [6.45, 7) is 0. The lowest BCUT2D eigenvalue weighted by Gasteiger charge is -2.32. The molecule has 0 saturated heterocycles. The zero-order valence-electron chi connectivity index (χ0n) is 36.8. The predicted octanol–water partition coefficient (Wildman–Crippen LogP) is 17.5. The molecule has 0 aliphatic heterocycles. The van der Waals surface area contributed by atoms with Crippen molar-refractivity contribution in [3.8, 4) is 44.5 Å². The van der Waals surface area contributed by atoms with Crippen LogP contribution in [0, 0.1) is 0 Å². The monoisotopic (exact) mass is 852 g/mol. The fraction of sp³-hybridized carbons (Fsp3) is 0.0154. The van der Waals surface area contributed by atoms with Crippen LogP contribution in [0.3, 0.4) is 0 Å². The largest absolute Gasteiger partial charge is 0.310 e. The highest BCUT2D eigenvalue weighted by atomic mass is 15.2. The van der Waals surface area contributed by atoms with E-state index < -0.39 is 5.41 Å². The summed E-state index contributed by atoms with van der Waals surface area (Å²) in [6, 6.07) is 97.9. The molecule has 0 aromatic heterocycles. The molecule has 0 amide bonds. The quantitative estimate of drug-likeness (QED) is 0.150. The van der Waals surface area contributed by atoms with Crippen molar-refractivity contribution in [1.29, 1.82) is 0 Å². The lowest BCUT2D eigenvalue weighted by molar-refractivity contribution is 0.794. The highest BCUT2D eigenvalue weighted by molar-refractivity contribution is 6.06. The van der Waals surface area contributed by atoms with Crippen LogP contribution in [0.1, 0.15) is 22.3 Å². The fourth-order valence-electron chi connectivity index (χ4n) is 11.3. The maximum Gasteiger partial charge on any atom is 0.0726 e. The Kier molecular flexibility index (Phi) is 9.11. The van der Waals surface area contributed by atoms with Gasteiger partial charge in [0, 0.05) is 33.9 Å². The van der Waals surface area contributed by atoms with Crippen LogP contribution < -0.4 is 9.80 Å². The van der Waals surface area contributed by atoms with Gasteiger partial charge in [0.15, 0.2) is 0 Å². The highest BCUT2D eigenvalue weighted by Crippen LogP contribution is 2.64. The molecule has 1 spiro atoms. The minimum atomic E-state index is -0.436. The zero-order chi connectivity index (χ0) is 44.3. The molecule has 0 atom stereocenters. The average Bonchev–Trinajstić information content (AvgIpc) is 3.88. The van der Waals surface area contributed by atoms with Crippen LogP contribution >= 0.6 is 0 Å². The van der Waals surface area contributed by atoms with Gasteiger partial charge < -0.3 is 9.80 Å². The van der Waals surface area contributed by atoms with Crippen LogP contribution in [0.5, 0.6) is 0 Å². The van der Waals surface area contributed by atoms with Gasteiger partial charge in [-0.05, 0) is 127 Å². The molecule has 0 N–H and O–H groups in total. The third kappa shape index (κ3) is 6.04. The van der Waals surface area contributed by atoms with Gasteiger partial charge in [-0.2, -0.15) is 0 Å². The van der Waals surface area contributed by atoms with E-state index >= 15 is 0 Å². The van der Waals surface area contributed by atoms with Crippen molar-refractivity contribution in [2.24, 2.45) is 0 Å². The first-order valence-corrected chi connectivity index (χ1v) is 23.2. The Hall–Kier alpha value is -8.72. The fourth-order valence-corrected chi connectivity index (χ4v) is 11.3. The molecule has 2 heteroatoms. The number of anilines is 6. The third-order valence-corrected chi connectivity index (χ3v) is 14.1. The molecule has 0 unspecified atom stereocenters. The van der Waals surface area contributed by atoms with E-state index in [9.17, 15) is 0 Å². The van der Waals surface area contributed by atoms with E-state index in [2.05, 4.69) is 277 Å². The van der Waals surface area contributed by atoms with Crippen molar-refractivity contribution >= 4 is 44.9 Å². The molecule has 67 heavy (non-hydrogen) atoms. The van der Waals surface area contributed by atoms with Gasteiger partial charge in [0.1, 0.15) is 0 Å². The van der Waals surface area contributed by atoms with Crippen LogP contribution in [-0.2, 0) is 5.41 Å². The minimum Gasteiger partial charge on any atom is -0.310 e. The maximum absolute atomic E-state index is 2.45. The molecular formula is C65H44N2. The summed E-state index contributed by atoms with van der Waals surface area (Å²) >= 11 is 0. The van der Waals surface area contributed by atoms with E-state index in [1.807, 2.05) is 0 Å². The van der Waals surface area contributed by atoms with E-state index in [1.54, 1.807) is 0 Å². The summed E-state index contributed by atoms with van der Waals surface area (Å²) in [5.74, 6) is 0. The number of rotatable bonds is 8. The molecule has 13 rings (SSSR count). The molecule has 2 aliphatic carbocycles. The zero-order valence-corrected chi connectivity index (χ0v) is 36.8. The minimum absolute atomic E-state index is 0.436. The second kappa shape index (κ2) is 15.8. The van der Waals surface area contributed by atoms with Crippen LogP contribution in [0.15, 0.2) is 267 Å². The number of fused-ring (bicyclic) bond motifs is 11. The maximum atomic E-state index is 2.45. The summed E-state index contributed by atoms with van der Waals surface area (Å²) in [7, 11) is 0. The number of hydrogen-bond acceptors (Lipinski definition) is 2. The van der Waals surface area contributed by atoms with Crippen molar-refractivity contribution in [3.63, 3.8) is 0 Å². The molecule has 0 fully saturated rings. The Morgan fingerprint density at radius 3 is 1.27 bits per heavy atom. The molecular weight excluding hydrogens is 809 g/mol. The number of para-hydroxylation sites is 1. The third-order valence-electron chi connectivity index (χ3n) is 14.1. The van der Waals surface area contributed by atoms with Crippen molar-refractivity contribution in [3.05, 3.63) is 289 Å². The molecule has 0 saturated carbocycles. The lowest BCUT2D eigenvalue weighted by Crippen LogP contribution is -2.26. The first kappa shape index (κ1) is 38.7. The standard InChI is InChI=1S/C65H44N2/c1-4-19-45(20-5-1)46-35-38-50(39-36-46)67(62-44-37-47-21-10-11-26-53(47)63(62)48-22-6-2-7-23-48)52-42-40-51(41-43-52)66(49-24-8-3-9-25-49)61-34-18-33-60-64(61)56-29-14-17-32-59(56)65(60)57-30-15-12-27-54(57)55-28-13-16-31-58(55)65/h1-44H. The average molecular weight is 853 g/mol. The first-order chi connectivity index (χ1) is 33.3. The van der Waals surface area contributed by atoms with Crippen molar-refractivity contribution in [1.82, 2.24) is 0 Å². The van der Waals surface area contributed by atoms with Gasteiger partial charge in [-0.15, -0.1) is 0 Å². The van der Waals surface area contributed by atoms with E-state index in [0.717, 1.165) is 34.1 Å². The van der Waals surface area contributed by atoms with Gasteiger partial charge in [-0.3, -0.25) is 0 Å². The first-order valence-electron chi connectivity index (χ1n) is 23.2. The summed E-state index contributed by atoms with van der Waals surface area (Å²) < 4.78 is 0. The van der Waals surface area contributed by atoms with Crippen LogP contribution in [0.4, 0.5) is 34.1 Å². The molecule has 0 radical (unpaired) electrons. The Labute approximate surface area is 391 Å². The predicted molar refractivity (Wildman–Crippen MR) is 280 cm³/mol. The van der Waals surface area contributed by atoms with E-state index in [-0.39, 0.29) is 0 Å². The van der Waals surface area contributed by atoms with Gasteiger partial charge in [-0.25, -0.2) is 0 Å². The van der Waals surface area contributed by atoms with Gasteiger partial charge in [-0.1, -0.05) is 206 Å². The van der Waals surface area contributed by atoms with Gasteiger partial charge in [0.2, 0.25) is 0 Å². The van der Waals surface area contributed by atoms with E-state index in [0.29, 0.717) is 0 Å². The van der Waals surface area contributed by atoms with Crippen LogP contribution in [0.25, 0.3) is 55.3 Å². The number of hydrogen-bond donors (Lipinski definition) is 0. The SMILES string of the molecule is c1ccc(-c2ccc(N(c3ccc(N(c4ccccc4)c4cccc5c4-c4ccccc4C54c5ccccc5-c5ccccc54)cc3)c3ccc4ccccc4c3-c3ccccc3)cc2)cc1. The molecule has 2 nitrogen and oxygen atoms in total. The second-order valence-electron chi connectivity index (χ2n) is 17.6. The summed E-state index contributed by atoms with van der Waals surface area (Å²) in [4.78, 5) is 4.88. The topological polar surface area (TPSA) is 6.48 Å². The Morgan fingerprint density at radius 2 is 0.657 bits per heavy atom. The molecule has 0 bridgehead atoms. The summed E-state index contributed by atoms with van der Waals surface area (Å²) in [5, 5.41) is 2.43.